The van der Waals surface area contributed by atoms with Crippen molar-refractivity contribution in [1.82, 2.24) is 15.2 Å². The summed E-state index contributed by atoms with van der Waals surface area (Å²) in [5.74, 6) is -0.169. The summed E-state index contributed by atoms with van der Waals surface area (Å²) in [7, 11) is 0. The molecule has 1 saturated heterocycles. The molecule has 0 bridgehead atoms. The monoisotopic (exact) mass is 450 g/mol. The Bertz CT molecular complexity index is 1100. The third-order valence-electron chi connectivity index (χ3n) is 6.15. The molecule has 1 aromatic heterocycles. The lowest BCUT2D eigenvalue weighted by atomic mass is 9.99. The highest BCUT2D eigenvalue weighted by atomic mass is 16.2. The maximum absolute atomic E-state index is 12.6. The lowest BCUT2D eigenvalue weighted by Crippen LogP contribution is -2.34. The Kier molecular flexibility index (Phi) is 6.79. The van der Waals surface area contributed by atoms with Crippen LogP contribution in [0.25, 0.3) is 11.1 Å². The van der Waals surface area contributed by atoms with E-state index in [2.05, 4.69) is 25.8 Å². The second-order valence-electron chi connectivity index (χ2n) is 8.55. The van der Waals surface area contributed by atoms with Gasteiger partial charge in [-0.05, 0) is 68.3 Å². The fourth-order valence-corrected chi connectivity index (χ4v) is 4.38. The van der Waals surface area contributed by atoms with Gasteiger partial charge in [-0.25, -0.2) is 4.79 Å². The molecule has 4 amide bonds. The number of urea groups is 1. The van der Waals surface area contributed by atoms with Crippen LogP contribution in [0.5, 0.6) is 0 Å². The van der Waals surface area contributed by atoms with Gasteiger partial charge in [-0.2, -0.15) is 0 Å². The first-order chi connectivity index (χ1) is 15.9. The van der Waals surface area contributed by atoms with Crippen LogP contribution in [0.2, 0.25) is 0 Å². The van der Waals surface area contributed by atoms with Crippen LogP contribution in [0.3, 0.4) is 0 Å². The molecule has 2 aromatic rings. The highest BCUT2D eigenvalue weighted by Gasteiger charge is 2.27. The first-order valence-electron chi connectivity index (χ1n) is 11.3. The number of carbonyl (C=O) groups is 3. The van der Waals surface area contributed by atoms with E-state index in [1.807, 2.05) is 19.2 Å². The molecule has 4 rings (SSSR count). The number of nitrogens with one attached hydrogen (secondary N) is 4. The Morgan fingerprint density at radius 1 is 1.15 bits per heavy atom. The summed E-state index contributed by atoms with van der Waals surface area (Å²) in [5, 5.41) is 8.37. The van der Waals surface area contributed by atoms with Gasteiger partial charge in [-0.15, -0.1) is 0 Å². The van der Waals surface area contributed by atoms with Gasteiger partial charge in [0.05, 0.1) is 5.57 Å². The number of H-pyrrole nitrogens is 1. The summed E-state index contributed by atoms with van der Waals surface area (Å²) in [6, 6.07) is 6.41. The Morgan fingerprint density at radius 3 is 2.70 bits per heavy atom. The van der Waals surface area contributed by atoms with Crippen LogP contribution < -0.4 is 21.7 Å². The Morgan fingerprint density at radius 2 is 1.94 bits per heavy atom. The van der Waals surface area contributed by atoms with Gasteiger partial charge in [-0.1, -0.05) is 6.42 Å². The third kappa shape index (κ3) is 5.43. The van der Waals surface area contributed by atoms with E-state index in [-0.39, 0.29) is 11.8 Å². The van der Waals surface area contributed by atoms with Crippen molar-refractivity contribution in [3.05, 3.63) is 47.3 Å². The van der Waals surface area contributed by atoms with E-state index in [0.29, 0.717) is 35.5 Å². The summed E-state index contributed by atoms with van der Waals surface area (Å²) in [6.07, 6.45) is 6.05. The molecule has 0 unspecified atom stereocenters. The molecule has 3 heterocycles. The number of rotatable bonds is 7. The maximum atomic E-state index is 12.6. The van der Waals surface area contributed by atoms with Gasteiger partial charge in [0.15, 0.2) is 0 Å². The van der Waals surface area contributed by atoms with Crippen LogP contribution in [0.15, 0.2) is 30.5 Å². The summed E-state index contributed by atoms with van der Waals surface area (Å²) in [6.45, 7) is 5.26. The van der Waals surface area contributed by atoms with Crippen LogP contribution in [0.1, 0.15) is 49.4 Å². The zero-order valence-electron chi connectivity index (χ0n) is 18.8. The minimum absolute atomic E-state index is 0.0389. The van der Waals surface area contributed by atoms with E-state index in [1.54, 1.807) is 18.2 Å². The van der Waals surface area contributed by atoms with Crippen molar-refractivity contribution in [2.45, 2.75) is 39.2 Å². The molecule has 33 heavy (non-hydrogen) atoms. The average Bonchev–Trinajstić information content (AvgIpc) is 3.40. The van der Waals surface area contributed by atoms with Gasteiger partial charge in [0.2, 0.25) is 5.91 Å². The first-order valence-corrected chi connectivity index (χ1v) is 11.3. The highest BCUT2D eigenvalue weighted by Crippen LogP contribution is 2.38. The summed E-state index contributed by atoms with van der Waals surface area (Å²) in [4.78, 5) is 41.6. The van der Waals surface area contributed by atoms with Crippen molar-refractivity contribution in [2.24, 2.45) is 5.73 Å². The SMILES string of the molecule is CC(=C1C(=O)Nc2ccc(NC(N)=O)cc21)c1cc(CNC(=O)CCN2CCCCC2)c[nH]1. The summed E-state index contributed by atoms with van der Waals surface area (Å²) >= 11 is 0. The number of anilines is 2. The van der Waals surface area contributed by atoms with Gasteiger partial charge in [0, 0.05) is 48.3 Å². The molecule has 0 aliphatic carbocycles. The minimum atomic E-state index is -0.665. The van der Waals surface area contributed by atoms with Crippen LogP contribution in [0.4, 0.5) is 16.2 Å². The number of primary amides is 1. The number of hydrogen-bond donors (Lipinski definition) is 5. The van der Waals surface area contributed by atoms with Crippen LogP contribution >= 0.6 is 0 Å². The van der Waals surface area contributed by atoms with Gasteiger partial charge in [-0.3, -0.25) is 9.59 Å². The molecular formula is C24H30N6O3. The Labute approximate surface area is 192 Å². The molecule has 2 aliphatic rings. The molecule has 6 N–H and O–H groups in total. The fourth-order valence-electron chi connectivity index (χ4n) is 4.38. The van der Waals surface area contributed by atoms with E-state index in [1.165, 1.54) is 19.3 Å². The number of allylic oxidation sites excluding steroid dienone is 1. The number of aromatic nitrogens is 1. The zero-order chi connectivity index (χ0) is 23.4. The minimum Gasteiger partial charge on any atom is -0.361 e. The van der Waals surface area contributed by atoms with E-state index < -0.39 is 6.03 Å². The van der Waals surface area contributed by atoms with E-state index >= 15 is 0 Å². The van der Waals surface area contributed by atoms with Gasteiger partial charge in [0.1, 0.15) is 0 Å². The summed E-state index contributed by atoms with van der Waals surface area (Å²) < 4.78 is 0. The van der Waals surface area contributed by atoms with Crippen LogP contribution in [-0.2, 0) is 16.1 Å². The average molecular weight is 451 g/mol. The van der Waals surface area contributed by atoms with Crippen LogP contribution in [-0.4, -0.2) is 47.4 Å². The molecule has 1 fully saturated rings. The number of nitrogens with two attached hydrogens (primary N) is 1. The predicted octanol–water partition coefficient (Wildman–Crippen LogP) is 2.88. The standard InChI is InChI=1S/C24H30N6O3/c1-15(22-18-12-17(28-24(25)33)5-6-19(18)29-23(22)32)20-11-16(13-26-20)14-27-21(31)7-10-30-8-3-2-4-9-30/h5-6,11-13,26H,2-4,7-10,14H2,1H3,(H,27,31)(H,29,32)(H3,25,28,33). The molecular weight excluding hydrogens is 420 g/mol. The number of fused-ring (bicyclic) bond motifs is 1. The molecule has 9 heteroatoms. The van der Waals surface area contributed by atoms with Crippen molar-refractivity contribution in [3.8, 4) is 0 Å². The normalized spacial score (nSPS) is 17.3. The lowest BCUT2D eigenvalue weighted by molar-refractivity contribution is -0.121. The number of likely N-dealkylation sites (tertiary alicyclic amines) is 1. The van der Waals surface area contributed by atoms with Crippen LogP contribution in [0, 0.1) is 0 Å². The number of nitrogens with zero attached hydrogens (tertiary/aromatic N) is 1. The smallest absolute Gasteiger partial charge is 0.316 e. The van der Waals surface area contributed by atoms with Crippen molar-refractivity contribution in [1.29, 1.82) is 0 Å². The van der Waals surface area contributed by atoms with Gasteiger partial charge in [0.25, 0.3) is 5.91 Å². The Balaban J connectivity index is 1.41. The van der Waals surface area contributed by atoms with Crippen molar-refractivity contribution in [3.63, 3.8) is 0 Å². The molecule has 0 atom stereocenters. The quantitative estimate of drug-likeness (QED) is 0.415. The number of aromatic amines is 1. The number of hydrogen-bond acceptors (Lipinski definition) is 4. The lowest BCUT2D eigenvalue weighted by Gasteiger charge is -2.25. The topological polar surface area (TPSA) is 132 Å². The summed E-state index contributed by atoms with van der Waals surface area (Å²) in [5.41, 5.74) is 10.1. The van der Waals surface area contributed by atoms with Crippen molar-refractivity contribution < 1.29 is 14.4 Å². The highest BCUT2D eigenvalue weighted by molar-refractivity contribution is 6.36. The molecule has 174 valence electrons. The number of piperidine rings is 1. The second-order valence-corrected chi connectivity index (χ2v) is 8.55. The van der Waals surface area contributed by atoms with E-state index in [9.17, 15) is 14.4 Å². The molecule has 1 aromatic carbocycles. The molecule has 2 aliphatic heterocycles. The third-order valence-corrected chi connectivity index (χ3v) is 6.15. The maximum Gasteiger partial charge on any atom is 0.316 e. The number of amides is 4. The van der Waals surface area contributed by atoms with Gasteiger partial charge < -0.3 is 31.6 Å². The zero-order valence-corrected chi connectivity index (χ0v) is 18.8. The molecule has 9 nitrogen and oxygen atoms in total. The first kappa shape index (κ1) is 22.6. The fraction of sp³-hybridized carbons (Fsp3) is 0.375. The number of benzene rings is 1. The largest absolute Gasteiger partial charge is 0.361 e. The molecule has 0 saturated carbocycles. The predicted molar refractivity (Wildman–Crippen MR) is 128 cm³/mol. The molecule has 0 radical (unpaired) electrons. The molecule has 0 spiro atoms. The van der Waals surface area contributed by atoms with E-state index in [0.717, 1.165) is 36.5 Å². The number of carbonyl (C=O) groups excluding carboxylic acids is 3. The second kappa shape index (κ2) is 9.91. The van der Waals surface area contributed by atoms with Crippen molar-refractivity contribution >= 4 is 40.4 Å². The van der Waals surface area contributed by atoms with Gasteiger partial charge >= 0.3 is 6.03 Å². The van der Waals surface area contributed by atoms with Crippen molar-refractivity contribution in [2.75, 3.05) is 30.3 Å². The Hall–Kier alpha value is -3.59. The van der Waals surface area contributed by atoms with E-state index in [4.69, 9.17) is 5.73 Å².